The molecule has 2 N–H and O–H groups in total. The Morgan fingerprint density at radius 2 is 1.93 bits per heavy atom. The Morgan fingerprint density at radius 1 is 1.21 bits per heavy atom. The topological polar surface area (TPSA) is 69.4 Å². The fraction of sp³-hybridized carbons (Fsp3) is 0.800. The number of ketones is 1. The minimum Gasteiger partial charge on any atom is -0.466 e. The van der Waals surface area contributed by atoms with Crippen molar-refractivity contribution in [2.75, 3.05) is 13.2 Å². The van der Waals surface area contributed by atoms with Crippen molar-refractivity contribution in [2.45, 2.75) is 39.0 Å². The van der Waals surface area contributed by atoms with E-state index < -0.39 is 0 Å². The van der Waals surface area contributed by atoms with Gasteiger partial charge in [0.2, 0.25) is 0 Å². The highest BCUT2D eigenvalue weighted by molar-refractivity contribution is 5.84. The Morgan fingerprint density at radius 3 is 2.50 bits per heavy atom. The first kappa shape index (κ1) is 13.1. The Labute approximate surface area is 84.8 Å². The van der Waals surface area contributed by atoms with Gasteiger partial charge in [0, 0.05) is 6.42 Å². The van der Waals surface area contributed by atoms with E-state index in [0.29, 0.717) is 6.61 Å². The zero-order chi connectivity index (χ0) is 10.8. The van der Waals surface area contributed by atoms with Crippen molar-refractivity contribution in [2.24, 2.45) is 5.73 Å². The number of nitrogens with two attached hydrogens (primary N) is 1. The molecule has 0 aromatic heterocycles. The summed E-state index contributed by atoms with van der Waals surface area (Å²) in [6.45, 7) is 2.55. The molecule has 0 radical (unpaired) electrons. The molecule has 0 aliphatic heterocycles. The van der Waals surface area contributed by atoms with Crippen LogP contribution in [0.5, 0.6) is 0 Å². The van der Waals surface area contributed by atoms with Gasteiger partial charge < -0.3 is 10.5 Å². The van der Waals surface area contributed by atoms with Crippen LogP contribution in [0, 0.1) is 0 Å². The van der Waals surface area contributed by atoms with Crippen molar-refractivity contribution in [3.63, 3.8) is 0 Å². The Hall–Kier alpha value is -0.900. The lowest BCUT2D eigenvalue weighted by Crippen LogP contribution is -2.15. The van der Waals surface area contributed by atoms with Crippen molar-refractivity contribution >= 4 is 11.8 Å². The van der Waals surface area contributed by atoms with Crippen LogP contribution in [0.2, 0.25) is 0 Å². The third kappa shape index (κ3) is 7.73. The second-order valence-corrected chi connectivity index (χ2v) is 3.17. The largest absolute Gasteiger partial charge is 0.466 e. The Bertz CT molecular complexity index is 180. The lowest BCUT2D eigenvalue weighted by Gasteiger charge is -2.03. The van der Waals surface area contributed by atoms with Gasteiger partial charge in [0.05, 0.1) is 19.6 Å². The molecule has 0 aliphatic carbocycles. The van der Waals surface area contributed by atoms with E-state index in [9.17, 15) is 9.59 Å². The van der Waals surface area contributed by atoms with E-state index in [2.05, 4.69) is 6.92 Å². The number of Topliss-reactive ketones (excluding diaryl/α,β-unsaturated/α-hetero) is 1. The monoisotopic (exact) mass is 201 g/mol. The molecule has 0 aromatic carbocycles. The van der Waals surface area contributed by atoms with Gasteiger partial charge >= 0.3 is 5.97 Å². The van der Waals surface area contributed by atoms with Crippen LogP contribution in [0.4, 0.5) is 0 Å². The second-order valence-electron chi connectivity index (χ2n) is 3.17. The normalized spacial score (nSPS) is 9.86. The maximum absolute atomic E-state index is 11.0. The molecule has 0 rings (SSSR count). The molecular weight excluding hydrogens is 182 g/mol. The summed E-state index contributed by atoms with van der Waals surface area (Å²) in [6.07, 6.45) is 3.41. The van der Waals surface area contributed by atoms with Crippen LogP contribution in [0.1, 0.15) is 39.0 Å². The van der Waals surface area contributed by atoms with E-state index in [-0.39, 0.29) is 31.1 Å². The molecule has 0 aliphatic rings. The summed E-state index contributed by atoms with van der Waals surface area (Å²) in [5, 5.41) is 0. The molecule has 0 heterocycles. The predicted octanol–water partition coefficient (Wildman–Crippen LogP) is 1.03. The highest BCUT2D eigenvalue weighted by atomic mass is 16.5. The predicted molar refractivity (Wildman–Crippen MR) is 53.8 cm³/mol. The SMILES string of the molecule is CCCCCOC(=O)CCC(=O)CN. The van der Waals surface area contributed by atoms with E-state index in [0.717, 1.165) is 19.3 Å². The van der Waals surface area contributed by atoms with Crippen molar-refractivity contribution in [3.05, 3.63) is 0 Å². The number of hydrogen-bond acceptors (Lipinski definition) is 4. The summed E-state index contributed by atoms with van der Waals surface area (Å²) in [6, 6.07) is 0. The number of ether oxygens (including phenoxy) is 1. The van der Waals surface area contributed by atoms with Crippen LogP contribution < -0.4 is 5.73 Å². The molecule has 4 nitrogen and oxygen atoms in total. The number of hydrogen-bond donors (Lipinski definition) is 1. The lowest BCUT2D eigenvalue weighted by molar-refractivity contribution is -0.144. The van der Waals surface area contributed by atoms with Crippen molar-refractivity contribution in [3.8, 4) is 0 Å². The third-order valence-corrected chi connectivity index (χ3v) is 1.85. The number of carbonyl (C=O) groups excluding carboxylic acids is 2. The highest BCUT2D eigenvalue weighted by Gasteiger charge is 2.05. The molecule has 4 heteroatoms. The molecular formula is C10H19NO3. The minimum atomic E-state index is -0.303. The van der Waals surface area contributed by atoms with E-state index >= 15 is 0 Å². The summed E-state index contributed by atoms with van der Waals surface area (Å²) in [5.74, 6) is -0.404. The van der Waals surface area contributed by atoms with Crippen molar-refractivity contribution in [1.29, 1.82) is 0 Å². The fourth-order valence-corrected chi connectivity index (χ4v) is 0.954. The molecule has 0 bridgehead atoms. The van der Waals surface area contributed by atoms with Gasteiger partial charge in [-0.2, -0.15) is 0 Å². The van der Waals surface area contributed by atoms with Crippen molar-refractivity contribution < 1.29 is 14.3 Å². The van der Waals surface area contributed by atoms with Gasteiger partial charge in [-0.25, -0.2) is 0 Å². The standard InChI is InChI=1S/C10H19NO3/c1-2-3-4-7-14-10(13)6-5-9(12)8-11/h2-8,11H2,1H3. The molecule has 0 saturated carbocycles. The van der Waals surface area contributed by atoms with Gasteiger partial charge in [0.15, 0.2) is 0 Å². The molecule has 0 aromatic rings. The van der Waals surface area contributed by atoms with Crippen LogP contribution in [0.3, 0.4) is 0 Å². The summed E-state index contributed by atoms with van der Waals surface area (Å²) in [5.41, 5.74) is 5.10. The van der Waals surface area contributed by atoms with E-state index in [1.165, 1.54) is 0 Å². The van der Waals surface area contributed by atoms with Crippen LogP contribution in [-0.2, 0) is 14.3 Å². The molecule has 0 atom stereocenters. The first-order chi connectivity index (χ1) is 6.70. The summed E-state index contributed by atoms with van der Waals surface area (Å²) >= 11 is 0. The molecule has 0 fully saturated rings. The third-order valence-electron chi connectivity index (χ3n) is 1.85. The smallest absolute Gasteiger partial charge is 0.306 e. The van der Waals surface area contributed by atoms with Crippen LogP contribution in [0.25, 0.3) is 0 Å². The summed E-state index contributed by atoms with van der Waals surface area (Å²) in [4.78, 5) is 21.8. The highest BCUT2D eigenvalue weighted by Crippen LogP contribution is 1.98. The minimum absolute atomic E-state index is 0.00309. The Balaban J connectivity index is 3.32. The molecule has 0 spiro atoms. The van der Waals surface area contributed by atoms with Gasteiger partial charge in [-0.3, -0.25) is 9.59 Å². The maximum atomic E-state index is 11.0. The van der Waals surface area contributed by atoms with Gasteiger partial charge in [0.1, 0.15) is 5.78 Å². The molecule has 14 heavy (non-hydrogen) atoms. The number of esters is 1. The Kier molecular flexibility index (Phi) is 8.13. The zero-order valence-electron chi connectivity index (χ0n) is 8.75. The van der Waals surface area contributed by atoms with Gasteiger partial charge in [0.25, 0.3) is 0 Å². The lowest BCUT2D eigenvalue weighted by atomic mass is 10.2. The number of carbonyl (C=O) groups is 2. The van der Waals surface area contributed by atoms with E-state index in [4.69, 9.17) is 10.5 Å². The van der Waals surface area contributed by atoms with E-state index in [1.54, 1.807) is 0 Å². The number of rotatable bonds is 8. The molecule has 0 saturated heterocycles. The maximum Gasteiger partial charge on any atom is 0.306 e. The van der Waals surface area contributed by atoms with Gasteiger partial charge in [-0.15, -0.1) is 0 Å². The molecule has 0 unspecified atom stereocenters. The summed E-state index contributed by atoms with van der Waals surface area (Å²) < 4.78 is 4.91. The average molecular weight is 201 g/mol. The average Bonchev–Trinajstić information content (AvgIpc) is 2.21. The van der Waals surface area contributed by atoms with Crippen LogP contribution in [0.15, 0.2) is 0 Å². The van der Waals surface area contributed by atoms with Gasteiger partial charge in [-0.05, 0) is 6.42 Å². The number of unbranched alkanes of at least 4 members (excludes halogenated alkanes) is 2. The molecule has 0 amide bonds. The zero-order valence-corrected chi connectivity index (χ0v) is 8.75. The second kappa shape index (κ2) is 8.69. The first-order valence-electron chi connectivity index (χ1n) is 5.08. The summed E-state index contributed by atoms with van der Waals surface area (Å²) in [7, 11) is 0. The fourth-order valence-electron chi connectivity index (χ4n) is 0.954. The van der Waals surface area contributed by atoms with Crippen LogP contribution >= 0.6 is 0 Å². The molecule has 82 valence electrons. The first-order valence-corrected chi connectivity index (χ1v) is 5.08. The quantitative estimate of drug-likeness (QED) is 0.470. The van der Waals surface area contributed by atoms with Crippen LogP contribution in [-0.4, -0.2) is 24.9 Å². The van der Waals surface area contributed by atoms with E-state index in [1.807, 2.05) is 0 Å². The van der Waals surface area contributed by atoms with Crippen molar-refractivity contribution in [1.82, 2.24) is 0 Å². The van der Waals surface area contributed by atoms with Gasteiger partial charge in [-0.1, -0.05) is 19.8 Å².